The molecule has 4 rings (SSSR count). The van der Waals surface area contributed by atoms with E-state index in [2.05, 4.69) is 6.92 Å². The Morgan fingerprint density at radius 2 is 1.88 bits per heavy atom. The Morgan fingerprint density at radius 3 is 2.29 bits per heavy atom. The number of hydrogen-bond acceptors (Lipinski definition) is 3. The summed E-state index contributed by atoms with van der Waals surface area (Å²) in [4.78, 5) is 11.4. The first-order valence-electron chi connectivity index (χ1n) is 6.89. The van der Waals surface area contributed by atoms with Crippen LogP contribution in [0.15, 0.2) is 0 Å². The molecule has 0 saturated heterocycles. The highest BCUT2D eigenvalue weighted by molar-refractivity contribution is 5.66. The van der Waals surface area contributed by atoms with E-state index in [0.717, 1.165) is 38.5 Å². The molecule has 3 nitrogen and oxygen atoms in total. The molecule has 0 spiro atoms. The molecule has 0 aromatic heterocycles. The SMILES string of the molecule is CCC1(OC(C)=O)C2CC3CC1CC(O)(C3)C2. The van der Waals surface area contributed by atoms with E-state index in [-0.39, 0.29) is 11.6 Å². The Kier molecular flexibility index (Phi) is 2.35. The fourth-order valence-corrected chi connectivity index (χ4v) is 5.10. The number of rotatable bonds is 2. The summed E-state index contributed by atoms with van der Waals surface area (Å²) in [7, 11) is 0. The number of hydrogen-bond donors (Lipinski definition) is 1. The summed E-state index contributed by atoms with van der Waals surface area (Å²) >= 11 is 0. The third-order valence-electron chi connectivity index (χ3n) is 5.43. The van der Waals surface area contributed by atoms with Crippen molar-refractivity contribution in [2.75, 3.05) is 0 Å². The number of carbonyl (C=O) groups excluding carboxylic acids is 1. The molecule has 2 atom stereocenters. The average Bonchev–Trinajstić information content (AvgIpc) is 2.21. The van der Waals surface area contributed by atoms with Gasteiger partial charge >= 0.3 is 5.97 Å². The molecule has 2 unspecified atom stereocenters. The van der Waals surface area contributed by atoms with Crippen molar-refractivity contribution in [3.8, 4) is 0 Å². The van der Waals surface area contributed by atoms with Crippen LogP contribution in [-0.4, -0.2) is 22.3 Å². The van der Waals surface area contributed by atoms with Crippen molar-refractivity contribution in [2.45, 2.75) is 63.6 Å². The predicted molar refractivity (Wildman–Crippen MR) is 63.3 cm³/mol. The van der Waals surface area contributed by atoms with E-state index >= 15 is 0 Å². The van der Waals surface area contributed by atoms with Gasteiger partial charge in [-0.2, -0.15) is 0 Å². The van der Waals surface area contributed by atoms with Crippen LogP contribution in [0.2, 0.25) is 0 Å². The summed E-state index contributed by atoms with van der Waals surface area (Å²) in [6, 6.07) is 0. The Morgan fingerprint density at radius 1 is 1.29 bits per heavy atom. The maximum Gasteiger partial charge on any atom is 0.303 e. The van der Waals surface area contributed by atoms with Gasteiger partial charge in [0.2, 0.25) is 0 Å². The van der Waals surface area contributed by atoms with Gasteiger partial charge in [-0.15, -0.1) is 0 Å². The standard InChI is InChI=1S/C14H22O3/c1-3-14(17-9(2)15)11-4-10-5-12(14)8-13(16,6-10)7-11/h10-12,16H,3-8H2,1-2H3. The zero-order chi connectivity index (χ0) is 12.3. The van der Waals surface area contributed by atoms with Crippen LogP contribution >= 0.6 is 0 Å². The Labute approximate surface area is 103 Å². The first kappa shape index (κ1) is 11.5. The zero-order valence-electron chi connectivity index (χ0n) is 10.7. The molecule has 1 N–H and O–H groups in total. The van der Waals surface area contributed by atoms with Crippen LogP contribution < -0.4 is 0 Å². The largest absolute Gasteiger partial charge is 0.459 e. The number of ether oxygens (including phenoxy) is 1. The Bertz CT molecular complexity index is 333. The van der Waals surface area contributed by atoms with Crippen LogP contribution in [0.1, 0.15) is 52.4 Å². The van der Waals surface area contributed by atoms with E-state index in [4.69, 9.17) is 4.74 Å². The van der Waals surface area contributed by atoms with Crippen molar-refractivity contribution in [3.05, 3.63) is 0 Å². The predicted octanol–water partition coefficient (Wildman–Crippen LogP) is 2.27. The average molecular weight is 238 g/mol. The summed E-state index contributed by atoms with van der Waals surface area (Å²) in [5, 5.41) is 10.5. The molecular weight excluding hydrogens is 216 g/mol. The van der Waals surface area contributed by atoms with E-state index in [1.54, 1.807) is 0 Å². The third-order valence-corrected chi connectivity index (χ3v) is 5.43. The van der Waals surface area contributed by atoms with E-state index in [0.29, 0.717) is 17.8 Å². The molecule has 0 aromatic rings. The van der Waals surface area contributed by atoms with E-state index in [1.165, 1.54) is 6.92 Å². The lowest BCUT2D eigenvalue weighted by Crippen LogP contribution is -2.64. The van der Waals surface area contributed by atoms with E-state index in [9.17, 15) is 9.90 Å². The third kappa shape index (κ3) is 1.55. The molecule has 0 aliphatic heterocycles. The van der Waals surface area contributed by atoms with Crippen LogP contribution in [0.5, 0.6) is 0 Å². The smallest absolute Gasteiger partial charge is 0.303 e. The van der Waals surface area contributed by atoms with E-state index in [1.807, 2.05) is 0 Å². The summed E-state index contributed by atoms with van der Waals surface area (Å²) < 4.78 is 5.76. The second-order valence-electron chi connectivity index (χ2n) is 6.47. The second kappa shape index (κ2) is 3.47. The van der Waals surface area contributed by atoms with Gasteiger partial charge in [-0.05, 0) is 44.4 Å². The Balaban J connectivity index is 1.94. The van der Waals surface area contributed by atoms with Crippen molar-refractivity contribution in [2.24, 2.45) is 17.8 Å². The lowest BCUT2D eigenvalue weighted by molar-refractivity contribution is -0.241. The molecule has 0 heterocycles. The molecule has 0 aromatic carbocycles. The van der Waals surface area contributed by atoms with Crippen LogP contribution in [0, 0.1) is 17.8 Å². The first-order chi connectivity index (χ1) is 7.97. The minimum atomic E-state index is -0.449. The molecule has 4 fully saturated rings. The fourth-order valence-electron chi connectivity index (χ4n) is 5.10. The Hall–Kier alpha value is -0.570. The maximum atomic E-state index is 11.4. The van der Waals surface area contributed by atoms with Gasteiger partial charge in [-0.3, -0.25) is 4.79 Å². The van der Waals surface area contributed by atoms with Crippen molar-refractivity contribution < 1.29 is 14.6 Å². The van der Waals surface area contributed by atoms with Crippen molar-refractivity contribution in [1.29, 1.82) is 0 Å². The molecular formula is C14H22O3. The van der Waals surface area contributed by atoms with Gasteiger partial charge < -0.3 is 9.84 Å². The maximum absolute atomic E-state index is 11.4. The van der Waals surface area contributed by atoms with Gasteiger partial charge in [-0.1, -0.05) is 6.92 Å². The summed E-state index contributed by atoms with van der Waals surface area (Å²) in [6.45, 7) is 3.63. The quantitative estimate of drug-likeness (QED) is 0.751. The minimum absolute atomic E-state index is 0.161. The number of carbonyl (C=O) groups is 1. The monoisotopic (exact) mass is 238 g/mol. The van der Waals surface area contributed by atoms with Gasteiger partial charge in [0.25, 0.3) is 0 Å². The highest BCUT2D eigenvalue weighted by Crippen LogP contribution is 2.62. The molecule has 4 saturated carbocycles. The summed E-state index contributed by atoms with van der Waals surface area (Å²) in [5.41, 5.74) is -0.718. The van der Waals surface area contributed by atoms with Crippen LogP contribution in [0.4, 0.5) is 0 Å². The summed E-state index contributed by atoms with van der Waals surface area (Å²) in [5.74, 6) is 1.26. The molecule has 0 amide bonds. The van der Waals surface area contributed by atoms with Crippen LogP contribution in [0.3, 0.4) is 0 Å². The molecule has 3 heteroatoms. The van der Waals surface area contributed by atoms with Gasteiger partial charge in [0.1, 0.15) is 5.60 Å². The van der Waals surface area contributed by atoms with Crippen LogP contribution in [-0.2, 0) is 9.53 Å². The fraction of sp³-hybridized carbons (Fsp3) is 0.929. The van der Waals surface area contributed by atoms with Gasteiger partial charge in [0.15, 0.2) is 0 Å². The molecule has 4 aliphatic rings. The van der Waals surface area contributed by atoms with Crippen LogP contribution in [0.25, 0.3) is 0 Å². The topological polar surface area (TPSA) is 46.5 Å². The zero-order valence-corrected chi connectivity index (χ0v) is 10.7. The minimum Gasteiger partial charge on any atom is -0.459 e. The van der Waals surface area contributed by atoms with Crippen molar-refractivity contribution in [3.63, 3.8) is 0 Å². The lowest BCUT2D eigenvalue weighted by atomic mass is 9.47. The van der Waals surface area contributed by atoms with Gasteiger partial charge in [0.05, 0.1) is 5.60 Å². The highest BCUT2D eigenvalue weighted by Gasteiger charge is 2.62. The second-order valence-corrected chi connectivity index (χ2v) is 6.47. The van der Waals surface area contributed by atoms with E-state index < -0.39 is 5.60 Å². The lowest BCUT2D eigenvalue weighted by Gasteiger charge is -2.62. The number of esters is 1. The van der Waals surface area contributed by atoms with Gasteiger partial charge in [0, 0.05) is 18.8 Å². The molecule has 96 valence electrons. The molecule has 0 radical (unpaired) electrons. The number of aliphatic hydroxyl groups is 1. The van der Waals surface area contributed by atoms with Crippen molar-refractivity contribution in [1.82, 2.24) is 0 Å². The molecule has 4 aliphatic carbocycles. The molecule has 4 bridgehead atoms. The van der Waals surface area contributed by atoms with Crippen molar-refractivity contribution >= 4 is 5.97 Å². The van der Waals surface area contributed by atoms with Gasteiger partial charge in [-0.25, -0.2) is 0 Å². The first-order valence-corrected chi connectivity index (χ1v) is 6.89. The summed E-state index contributed by atoms with van der Waals surface area (Å²) in [6.07, 6.45) is 5.81. The highest BCUT2D eigenvalue weighted by atomic mass is 16.6. The normalized spacial score (nSPS) is 51.6. The molecule has 17 heavy (non-hydrogen) atoms.